The quantitative estimate of drug-likeness (QED) is 0.825. The number of benzene rings is 1. The summed E-state index contributed by atoms with van der Waals surface area (Å²) in [6.07, 6.45) is 0. The fraction of sp³-hybridized carbons (Fsp3) is 0.333. The van der Waals surface area contributed by atoms with Crippen molar-refractivity contribution in [1.29, 1.82) is 0 Å². The molecule has 96 valence electrons. The minimum absolute atomic E-state index is 0.0162. The van der Waals surface area contributed by atoms with Crippen molar-refractivity contribution in [2.75, 3.05) is 5.32 Å². The number of nitrogens with zero attached hydrogens (tertiary/aromatic N) is 2. The number of anilines is 1. The van der Waals surface area contributed by atoms with E-state index in [2.05, 4.69) is 5.32 Å². The Kier molecular flexibility index (Phi) is 3.38. The predicted octanol–water partition coefficient (Wildman–Crippen LogP) is 1.50. The van der Waals surface area contributed by atoms with E-state index in [9.17, 15) is 4.79 Å². The van der Waals surface area contributed by atoms with Crippen molar-refractivity contribution < 1.29 is 0 Å². The number of rotatable bonds is 3. The van der Waals surface area contributed by atoms with Gasteiger partial charge in [0.2, 0.25) is 0 Å². The van der Waals surface area contributed by atoms with Gasteiger partial charge in [0.15, 0.2) is 5.11 Å². The summed E-state index contributed by atoms with van der Waals surface area (Å²) < 4.78 is 3.49. The van der Waals surface area contributed by atoms with Gasteiger partial charge in [-0.2, -0.15) is 0 Å². The van der Waals surface area contributed by atoms with Crippen molar-refractivity contribution in [2.45, 2.75) is 26.9 Å². The van der Waals surface area contributed by atoms with Gasteiger partial charge in [-0.3, -0.25) is 9.13 Å². The number of imidazole rings is 1. The molecule has 5 nitrogen and oxygen atoms in total. The average Bonchev–Trinajstić information content (AvgIpc) is 2.58. The maximum atomic E-state index is 12.1. The van der Waals surface area contributed by atoms with Crippen molar-refractivity contribution in [3.63, 3.8) is 0 Å². The summed E-state index contributed by atoms with van der Waals surface area (Å²) in [5.41, 5.74) is 8.08. The van der Waals surface area contributed by atoms with Gasteiger partial charge in [-0.25, -0.2) is 4.79 Å². The molecule has 0 fully saturated rings. The summed E-state index contributed by atoms with van der Waals surface area (Å²) in [5, 5.41) is 3.10. The van der Waals surface area contributed by atoms with Crippen LogP contribution in [0.1, 0.15) is 13.8 Å². The van der Waals surface area contributed by atoms with E-state index in [0.29, 0.717) is 13.1 Å². The lowest BCUT2D eigenvalue weighted by Gasteiger charge is -2.05. The summed E-state index contributed by atoms with van der Waals surface area (Å²) in [5.74, 6) is 0. The Bertz CT molecular complexity index is 656. The molecular weight excluding hydrogens is 248 g/mol. The third-order valence-electron chi connectivity index (χ3n) is 2.92. The Hall–Kier alpha value is -1.82. The van der Waals surface area contributed by atoms with Crippen LogP contribution >= 0.6 is 12.2 Å². The fourth-order valence-electron chi connectivity index (χ4n) is 2.15. The summed E-state index contributed by atoms with van der Waals surface area (Å²) in [6.45, 7) is 5.21. The van der Waals surface area contributed by atoms with Crippen molar-refractivity contribution in [3.05, 3.63) is 28.7 Å². The maximum absolute atomic E-state index is 12.1. The van der Waals surface area contributed by atoms with Gasteiger partial charge in [-0.15, -0.1) is 0 Å². The van der Waals surface area contributed by atoms with Crippen LogP contribution in [0, 0.1) is 0 Å². The monoisotopic (exact) mass is 264 g/mol. The molecule has 0 saturated heterocycles. The van der Waals surface area contributed by atoms with Gasteiger partial charge in [-0.1, -0.05) is 0 Å². The van der Waals surface area contributed by atoms with Crippen LogP contribution in [0.2, 0.25) is 0 Å². The summed E-state index contributed by atoms with van der Waals surface area (Å²) in [7, 11) is 0. The van der Waals surface area contributed by atoms with Crippen molar-refractivity contribution >= 4 is 34.1 Å². The SMILES string of the molecule is CCn1c(=O)n(CC)c2cc(NC(N)=S)ccc21. The Morgan fingerprint density at radius 1 is 1.28 bits per heavy atom. The van der Waals surface area contributed by atoms with Crippen molar-refractivity contribution in [1.82, 2.24) is 9.13 Å². The van der Waals surface area contributed by atoms with Crippen LogP contribution < -0.4 is 16.7 Å². The van der Waals surface area contributed by atoms with Gasteiger partial charge < -0.3 is 11.1 Å². The molecule has 1 aromatic carbocycles. The number of aromatic nitrogens is 2. The fourth-order valence-corrected chi connectivity index (χ4v) is 2.27. The smallest absolute Gasteiger partial charge is 0.329 e. The number of nitrogens with two attached hydrogens (primary N) is 1. The molecule has 1 aromatic heterocycles. The molecule has 6 heteroatoms. The van der Waals surface area contributed by atoms with E-state index in [1.807, 2.05) is 32.0 Å². The lowest BCUT2D eigenvalue weighted by atomic mass is 10.2. The topological polar surface area (TPSA) is 65.0 Å². The lowest BCUT2D eigenvalue weighted by molar-refractivity contribution is 0.671. The summed E-state index contributed by atoms with van der Waals surface area (Å²) >= 11 is 4.81. The van der Waals surface area contributed by atoms with Crippen molar-refractivity contribution in [3.8, 4) is 0 Å². The highest BCUT2D eigenvalue weighted by Gasteiger charge is 2.11. The normalized spacial score (nSPS) is 10.8. The molecule has 0 unspecified atom stereocenters. The Morgan fingerprint density at radius 3 is 2.44 bits per heavy atom. The average molecular weight is 264 g/mol. The Morgan fingerprint density at radius 2 is 1.89 bits per heavy atom. The Labute approximate surface area is 110 Å². The first-order chi connectivity index (χ1) is 8.58. The highest BCUT2D eigenvalue weighted by molar-refractivity contribution is 7.80. The van der Waals surface area contributed by atoms with E-state index in [4.69, 9.17) is 18.0 Å². The summed E-state index contributed by atoms with van der Waals surface area (Å²) in [4.78, 5) is 12.1. The molecular formula is C12H16N4OS. The zero-order chi connectivity index (χ0) is 13.3. The largest absolute Gasteiger partial charge is 0.376 e. The van der Waals surface area contributed by atoms with Crippen molar-refractivity contribution in [2.24, 2.45) is 5.73 Å². The molecule has 0 bridgehead atoms. The minimum Gasteiger partial charge on any atom is -0.376 e. The minimum atomic E-state index is 0.0162. The van der Waals surface area contributed by atoms with E-state index in [1.165, 1.54) is 0 Å². The van der Waals surface area contributed by atoms with Gasteiger partial charge in [0.1, 0.15) is 0 Å². The van der Waals surface area contributed by atoms with Gasteiger partial charge in [0.25, 0.3) is 0 Å². The first kappa shape index (κ1) is 12.6. The van der Waals surface area contributed by atoms with Gasteiger partial charge >= 0.3 is 5.69 Å². The zero-order valence-corrected chi connectivity index (χ0v) is 11.3. The van der Waals surface area contributed by atoms with Gasteiger partial charge in [0, 0.05) is 18.8 Å². The zero-order valence-electron chi connectivity index (χ0n) is 10.4. The number of hydrogen-bond acceptors (Lipinski definition) is 2. The number of fused-ring (bicyclic) bond motifs is 1. The molecule has 0 aliphatic rings. The van der Waals surface area contributed by atoms with E-state index in [-0.39, 0.29) is 10.8 Å². The Balaban J connectivity index is 2.68. The second-order valence-electron chi connectivity index (χ2n) is 3.96. The van der Waals surface area contributed by atoms with E-state index >= 15 is 0 Å². The van der Waals surface area contributed by atoms with Gasteiger partial charge in [0.05, 0.1) is 11.0 Å². The first-order valence-corrected chi connectivity index (χ1v) is 6.28. The highest BCUT2D eigenvalue weighted by Crippen LogP contribution is 2.18. The molecule has 0 amide bonds. The highest BCUT2D eigenvalue weighted by atomic mass is 32.1. The molecule has 0 atom stereocenters. The lowest BCUT2D eigenvalue weighted by Crippen LogP contribution is -2.23. The maximum Gasteiger partial charge on any atom is 0.329 e. The first-order valence-electron chi connectivity index (χ1n) is 5.88. The van der Waals surface area contributed by atoms with E-state index < -0.39 is 0 Å². The second-order valence-corrected chi connectivity index (χ2v) is 4.40. The third-order valence-corrected chi connectivity index (χ3v) is 3.02. The van der Waals surface area contributed by atoms with Crippen LogP contribution in [-0.4, -0.2) is 14.2 Å². The molecule has 18 heavy (non-hydrogen) atoms. The number of hydrogen-bond donors (Lipinski definition) is 2. The summed E-state index contributed by atoms with van der Waals surface area (Å²) in [6, 6.07) is 5.67. The molecule has 2 aromatic rings. The molecule has 3 N–H and O–H groups in total. The van der Waals surface area contributed by atoms with Crippen LogP contribution in [0.25, 0.3) is 11.0 Å². The van der Waals surface area contributed by atoms with Crippen LogP contribution in [0.3, 0.4) is 0 Å². The van der Waals surface area contributed by atoms with Crippen LogP contribution in [0.5, 0.6) is 0 Å². The van der Waals surface area contributed by atoms with E-state index in [0.717, 1.165) is 16.7 Å². The van der Waals surface area contributed by atoms with Crippen LogP contribution in [0.15, 0.2) is 23.0 Å². The third kappa shape index (κ3) is 1.99. The number of thiocarbonyl (C=S) groups is 1. The molecule has 0 radical (unpaired) electrons. The standard InChI is InChI=1S/C12H16N4OS/c1-3-15-9-6-5-8(14-11(13)18)7-10(9)16(4-2)12(15)17/h5-7H,3-4H2,1-2H3,(H3,13,14,18). The predicted molar refractivity (Wildman–Crippen MR) is 78.0 cm³/mol. The second kappa shape index (κ2) is 4.81. The number of aryl methyl sites for hydroxylation is 2. The van der Waals surface area contributed by atoms with Crippen LogP contribution in [0.4, 0.5) is 5.69 Å². The van der Waals surface area contributed by atoms with Crippen LogP contribution in [-0.2, 0) is 13.1 Å². The van der Waals surface area contributed by atoms with E-state index in [1.54, 1.807) is 9.13 Å². The molecule has 0 aliphatic heterocycles. The number of nitrogens with one attached hydrogen (secondary N) is 1. The van der Waals surface area contributed by atoms with Gasteiger partial charge in [-0.05, 0) is 44.3 Å². The molecule has 1 heterocycles. The molecule has 2 rings (SSSR count). The molecule has 0 spiro atoms. The molecule has 0 aliphatic carbocycles. The molecule has 0 saturated carbocycles.